The summed E-state index contributed by atoms with van der Waals surface area (Å²) in [5.74, 6) is 0.180. The highest BCUT2D eigenvalue weighted by Gasteiger charge is 2.35. The zero-order chi connectivity index (χ0) is 23.8. The monoisotopic (exact) mass is 457 g/mol. The van der Waals surface area contributed by atoms with E-state index in [2.05, 4.69) is 0 Å². The number of carbonyl (C=O) groups excluding carboxylic acids is 1. The van der Waals surface area contributed by atoms with Crippen LogP contribution >= 0.6 is 0 Å². The molecule has 1 atom stereocenters. The predicted molar refractivity (Wildman–Crippen MR) is 122 cm³/mol. The molecule has 0 aliphatic carbocycles. The lowest BCUT2D eigenvalue weighted by Gasteiger charge is -2.35. The van der Waals surface area contributed by atoms with Crippen molar-refractivity contribution in [2.75, 3.05) is 26.9 Å². The lowest BCUT2D eigenvalue weighted by molar-refractivity contribution is -0.160. The summed E-state index contributed by atoms with van der Waals surface area (Å²) >= 11 is 0. The number of esters is 1. The summed E-state index contributed by atoms with van der Waals surface area (Å²) < 4.78 is 44.5. The zero-order valence-corrected chi connectivity index (χ0v) is 21.1. The Hall–Kier alpha value is -1.64. The lowest BCUT2D eigenvalue weighted by Crippen LogP contribution is -2.46. The molecule has 1 heterocycles. The van der Waals surface area contributed by atoms with Crippen LogP contribution in [-0.2, 0) is 24.3 Å². The molecule has 1 fully saturated rings. The fraction of sp³-hybridized carbons (Fsp3) is 0.696. The van der Waals surface area contributed by atoms with Crippen molar-refractivity contribution < 1.29 is 27.4 Å². The van der Waals surface area contributed by atoms with Gasteiger partial charge in [0.15, 0.2) is 0 Å². The molecule has 1 aromatic carbocycles. The van der Waals surface area contributed by atoms with Gasteiger partial charge in [-0.25, -0.2) is 13.2 Å². The van der Waals surface area contributed by atoms with Gasteiger partial charge in [-0.2, -0.15) is 4.31 Å². The van der Waals surface area contributed by atoms with Gasteiger partial charge in [0.2, 0.25) is 10.0 Å². The van der Waals surface area contributed by atoms with E-state index in [-0.39, 0.29) is 19.3 Å². The quantitative estimate of drug-likeness (QED) is 0.570. The van der Waals surface area contributed by atoms with Crippen LogP contribution in [0.3, 0.4) is 0 Å². The molecule has 0 unspecified atom stereocenters. The van der Waals surface area contributed by atoms with E-state index in [9.17, 15) is 13.2 Å². The number of hydrogen-bond acceptors (Lipinski definition) is 6. The van der Waals surface area contributed by atoms with Crippen LogP contribution in [0.4, 0.5) is 0 Å². The molecule has 0 saturated carbocycles. The van der Waals surface area contributed by atoms with Gasteiger partial charge < -0.3 is 14.2 Å². The summed E-state index contributed by atoms with van der Waals surface area (Å²) in [6, 6.07) is 3.16. The standard InChI is InChI=1S/C21H33NO6S.C2H6/c1-15-11-18(26-6)12-16(2)20(15)29(24,25)22-10-8-7-9-17(22)13-27-14-19(23)28-21(3,4)5;1-2/h11-12,17H,7-10,13-14H2,1-6H3;1-2H3/t17-;/m0./s1. The van der Waals surface area contributed by atoms with E-state index in [4.69, 9.17) is 14.2 Å². The highest BCUT2D eigenvalue weighted by molar-refractivity contribution is 7.89. The smallest absolute Gasteiger partial charge is 0.332 e. The van der Waals surface area contributed by atoms with E-state index >= 15 is 0 Å². The van der Waals surface area contributed by atoms with E-state index in [1.165, 1.54) is 4.31 Å². The first kappa shape index (κ1) is 27.4. The number of piperidine rings is 1. The molecule has 7 nitrogen and oxygen atoms in total. The molecule has 1 aromatic rings. The Labute approximate surface area is 188 Å². The molecule has 0 amide bonds. The molecule has 1 aliphatic heterocycles. The lowest BCUT2D eigenvalue weighted by atomic mass is 10.1. The van der Waals surface area contributed by atoms with Crippen molar-refractivity contribution in [2.45, 2.75) is 84.3 Å². The van der Waals surface area contributed by atoms with Crippen molar-refractivity contribution in [3.05, 3.63) is 23.3 Å². The van der Waals surface area contributed by atoms with Crippen molar-refractivity contribution >= 4 is 16.0 Å². The van der Waals surface area contributed by atoms with Crippen molar-refractivity contribution in [1.82, 2.24) is 4.31 Å². The largest absolute Gasteiger partial charge is 0.497 e. The van der Waals surface area contributed by atoms with Crippen LogP contribution in [0.25, 0.3) is 0 Å². The van der Waals surface area contributed by atoms with Gasteiger partial charge in [0.05, 0.1) is 18.6 Å². The Bertz CT molecular complexity index is 806. The number of nitrogens with zero attached hydrogens (tertiary/aromatic N) is 1. The number of hydrogen-bond donors (Lipinski definition) is 0. The summed E-state index contributed by atoms with van der Waals surface area (Å²) in [4.78, 5) is 12.2. The van der Waals surface area contributed by atoms with Gasteiger partial charge >= 0.3 is 5.97 Å². The molecule has 0 radical (unpaired) electrons. The van der Waals surface area contributed by atoms with E-state index < -0.39 is 21.6 Å². The molecule has 31 heavy (non-hydrogen) atoms. The second kappa shape index (κ2) is 11.8. The van der Waals surface area contributed by atoms with Crippen molar-refractivity contribution in [1.29, 1.82) is 0 Å². The highest BCUT2D eigenvalue weighted by atomic mass is 32.2. The van der Waals surface area contributed by atoms with E-state index in [0.717, 1.165) is 12.8 Å². The van der Waals surface area contributed by atoms with Gasteiger partial charge in [-0.05, 0) is 70.7 Å². The third-order valence-electron chi connectivity index (χ3n) is 4.76. The van der Waals surface area contributed by atoms with Crippen LogP contribution in [0, 0.1) is 13.8 Å². The summed E-state index contributed by atoms with van der Waals surface area (Å²) in [6.45, 7) is 13.3. The second-order valence-corrected chi connectivity index (χ2v) is 10.3. The minimum atomic E-state index is -3.70. The zero-order valence-electron chi connectivity index (χ0n) is 20.3. The Morgan fingerprint density at radius 2 is 1.71 bits per heavy atom. The van der Waals surface area contributed by atoms with Gasteiger partial charge in [0.1, 0.15) is 18.0 Å². The number of rotatable bonds is 7. The Morgan fingerprint density at radius 3 is 2.23 bits per heavy atom. The Kier molecular flexibility index (Phi) is 10.5. The third-order valence-corrected chi connectivity index (χ3v) is 7.02. The van der Waals surface area contributed by atoms with Crippen LogP contribution in [0.5, 0.6) is 5.75 Å². The van der Waals surface area contributed by atoms with E-state index in [1.807, 2.05) is 13.8 Å². The van der Waals surface area contributed by atoms with Gasteiger partial charge in [0, 0.05) is 12.6 Å². The molecule has 1 aliphatic rings. The van der Waals surface area contributed by atoms with Gasteiger partial charge in [-0.3, -0.25) is 0 Å². The average molecular weight is 458 g/mol. The van der Waals surface area contributed by atoms with Crippen molar-refractivity contribution in [3.63, 3.8) is 0 Å². The Balaban J connectivity index is 0.00000233. The van der Waals surface area contributed by atoms with Crippen LogP contribution in [-0.4, -0.2) is 57.2 Å². The van der Waals surface area contributed by atoms with Gasteiger partial charge in [0.25, 0.3) is 0 Å². The first-order chi connectivity index (χ1) is 14.5. The second-order valence-electron chi connectivity index (χ2n) is 8.46. The number of methoxy groups -OCH3 is 1. The predicted octanol–water partition coefficient (Wildman–Crippen LogP) is 4.24. The molecule has 1 saturated heterocycles. The maximum Gasteiger partial charge on any atom is 0.332 e. The van der Waals surface area contributed by atoms with Crippen LogP contribution in [0.2, 0.25) is 0 Å². The molecule has 0 bridgehead atoms. The molecule has 2 rings (SSSR count). The number of aryl methyl sites for hydroxylation is 2. The Morgan fingerprint density at radius 1 is 1.13 bits per heavy atom. The molecule has 0 N–H and O–H groups in total. The van der Waals surface area contributed by atoms with E-state index in [1.54, 1.807) is 53.9 Å². The minimum absolute atomic E-state index is 0.159. The topological polar surface area (TPSA) is 82.1 Å². The normalized spacial score (nSPS) is 17.5. The van der Waals surface area contributed by atoms with E-state index in [0.29, 0.717) is 34.7 Å². The molecule has 0 aromatic heterocycles. The highest BCUT2D eigenvalue weighted by Crippen LogP contribution is 2.31. The fourth-order valence-corrected chi connectivity index (χ4v) is 5.75. The fourth-order valence-electron chi connectivity index (χ4n) is 3.66. The third kappa shape index (κ3) is 7.77. The molecule has 178 valence electrons. The van der Waals surface area contributed by atoms with Gasteiger partial charge in [-0.15, -0.1) is 0 Å². The SMILES string of the molecule is CC.COc1cc(C)c(S(=O)(=O)N2CCCC[C@H]2COCC(=O)OC(C)(C)C)c(C)c1. The minimum Gasteiger partial charge on any atom is -0.497 e. The molecular weight excluding hydrogens is 418 g/mol. The number of sulfonamides is 1. The van der Waals surface area contributed by atoms with Crippen molar-refractivity contribution in [2.24, 2.45) is 0 Å². The number of ether oxygens (including phenoxy) is 3. The van der Waals surface area contributed by atoms with Gasteiger partial charge in [-0.1, -0.05) is 20.3 Å². The maximum atomic E-state index is 13.5. The van der Waals surface area contributed by atoms with Crippen molar-refractivity contribution in [3.8, 4) is 5.75 Å². The summed E-state index contributed by atoms with van der Waals surface area (Å²) in [6.07, 6.45) is 2.42. The maximum absolute atomic E-state index is 13.5. The average Bonchev–Trinajstić information content (AvgIpc) is 2.67. The van der Waals surface area contributed by atoms with Crippen LogP contribution in [0.1, 0.15) is 65.0 Å². The molecular formula is C23H39NO6S. The summed E-state index contributed by atoms with van der Waals surface area (Å²) in [5, 5.41) is 0. The van der Waals surface area contributed by atoms with Crippen LogP contribution < -0.4 is 4.74 Å². The van der Waals surface area contributed by atoms with Crippen LogP contribution in [0.15, 0.2) is 17.0 Å². The summed E-state index contributed by atoms with van der Waals surface area (Å²) in [5.41, 5.74) is 0.728. The molecule has 8 heteroatoms. The first-order valence-electron chi connectivity index (χ1n) is 10.9. The molecule has 0 spiro atoms. The number of carbonyl (C=O) groups is 1. The summed E-state index contributed by atoms with van der Waals surface area (Å²) in [7, 11) is -2.13. The number of benzene rings is 1. The first-order valence-corrected chi connectivity index (χ1v) is 12.4.